The van der Waals surface area contributed by atoms with Gasteiger partial charge in [-0.15, -0.1) is 0 Å². The van der Waals surface area contributed by atoms with Gasteiger partial charge in [0, 0.05) is 6.54 Å². The number of hydrogen-bond acceptors (Lipinski definition) is 3. The summed E-state index contributed by atoms with van der Waals surface area (Å²) in [4.78, 5) is 13.6. The van der Waals surface area contributed by atoms with Gasteiger partial charge in [-0.3, -0.25) is 4.79 Å². The zero-order valence-corrected chi connectivity index (χ0v) is 10.1. The summed E-state index contributed by atoms with van der Waals surface area (Å²) in [6.45, 7) is 4.76. The summed E-state index contributed by atoms with van der Waals surface area (Å²) in [5, 5.41) is 0. The molecule has 0 N–H and O–H groups in total. The summed E-state index contributed by atoms with van der Waals surface area (Å²) in [6.07, 6.45) is -0.637. The Kier molecular flexibility index (Phi) is 3.64. The molecule has 1 saturated heterocycles. The molecule has 2 atom stereocenters. The third kappa shape index (κ3) is 2.58. The quantitative estimate of drug-likeness (QED) is 0.796. The van der Waals surface area contributed by atoms with E-state index >= 15 is 0 Å². The van der Waals surface area contributed by atoms with E-state index in [4.69, 9.17) is 9.47 Å². The molecule has 4 heteroatoms. The molecular weight excluding hydrogens is 218 g/mol. The molecule has 1 aliphatic heterocycles. The maximum atomic E-state index is 11.9. The molecule has 0 saturated carbocycles. The number of hydrogen-bond donors (Lipinski definition) is 0. The smallest absolute Gasteiger partial charge is 0.257 e. The Bertz CT molecular complexity index is 380. The van der Waals surface area contributed by atoms with Crippen LogP contribution in [0, 0.1) is 0 Å². The molecule has 92 valence electrons. The van der Waals surface area contributed by atoms with Crippen LogP contribution in [0.2, 0.25) is 0 Å². The lowest BCUT2D eigenvalue weighted by molar-refractivity contribution is -0.130. The van der Waals surface area contributed by atoms with Gasteiger partial charge in [0.15, 0.2) is 6.10 Å². The van der Waals surface area contributed by atoms with Gasteiger partial charge in [-0.1, -0.05) is 18.2 Å². The highest BCUT2D eigenvalue weighted by Crippen LogP contribution is 2.18. The summed E-state index contributed by atoms with van der Waals surface area (Å²) in [5.74, 6) is 0.766. The van der Waals surface area contributed by atoms with Gasteiger partial charge in [0.2, 0.25) is 0 Å². The lowest BCUT2D eigenvalue weighted by atomic mass is 10.3. The highest BCUT2D eigenvalue weighted by atomic mass is 16.6. The minimum absolute atomic E-state index is 0.0101. The molecule has 0 spiro atoms. The molecule has 1 aliphatic rings. The average molecular weight is 235 g/mol. The number of amides is 1. The van der Waals surface area contributed by atoms with Crippen LogP contribution in [0.4, 0.5) is 0 Å². The molecule has 0 bridgehead atoms. The fourth-order valence-electron chi connectivity index (χ4n) is 1.95. The van der Waals surface area contributed by atoms with E-state index in [0.29, 0.717) is 6.54 Å². The predicted octanol–water partition coefficient (Wildman–Crippen LogP) is 1.66. The summed E-state index contributed by atoms with van der Waals surface area (Å²) in [6, 6.07) is 9.44. The van der Waals surface area contributed by atoms with Crippen molar-refractivity contribution in [2.24, 2.45) is 0 Å². The van der Waals surface area contributed by atoms with E-state index in [1.807, 2.05) is 44.2 Å². The van der Waals surface area contributed by atoms with Gasteiger partial charge in [0.1, 0.15) is 18.6 Å². The maximum Gasteiger partial charge on any atom is 0.257 e. The number of para-hydroxylation sites is 1. The van der Waals surface area contributed by atoms with Crippen LogP contribution >= 0.6 is 0 Å². The predicted molar refractivity (Wildman–Crippen MR) is 63.7 cm³/mol. The van der Waals surface area contributed by atoms with Crippen molar-refractivity contribution >= 4 is 5.91 Å². The summed E-state index contributed by atoms with van der Waals surface area (Å²) in [5.41, 5.74) is 0. The van der Waals surface area contributed by atoms with Gasteiger partial charge >= 0.3 is 0 Å². The van der Waals surface area contributed by atoms with Crippen molar-refractivity contribution in [3.8, 4) is 5.75 Å². The van der Waals surface area contributed by atoms with E-state index in [0.717, 1.165) is 5.75 Å². The highest BCUT2D eigenvalue weighted by Gasteiger charge is 2.37. The number of ether oxygens (including phenoxy) is 2. The van der Waals surface area contributed by atoms with Crippen LogP contribution < -0.4 is 4.74 Å². The Morgan fingerprint density at radius 2 is 2.06 bits per heavy atom. The van der Waals surface area contributed by atoms with Gasteiger partial charge in [-0.05, 0) is 26.0 Å². The van der Waals surface area contributed by atoms with Crippen LogP contribution in [0.25, 0.3) is 0 Å². The van der Waals surface area contributed by atoms with E-state index in [1.54, 1.807) is 4.90 Å². The van der Waals surface area contributed by atoms with Gasteiger partial charge in [0.05, 0.1) is 0 Å². The molecular formula is C13H17NO3. The minimum Gasteiger partial charge on any atom is -0.490 e. The first-order valence-corrected chi connectivity index (χ1v) is 5.86. The first-order chi connectivity index (χ1) is 8.22. The lowest BCUT2D eigenvalue weighted by Gasteiger charge is -2.16. The topological polar surface area (TPSA) is 38.8 Å². The molecule has 1 heterocycles. The molecule has 0 aliphatic carbocycles. The Hall–Kier alpha value is -1.55. The van der Waals surface area contributed by atoms with Gasteiger partial charge in [-0.25, -0.2) is 0 Å². The van der Waals surface area contributed by atoms with Crippen LogP contribution in [0.5, 0.6) is 5.75 Å². The summed E-state index contributed by atoms with van der Waals surface area (Å²) in [7, 11) is 0. The summed E-state index contributed by atoms with van der Waals surface area (Å²) < 4.78 is 11.1. The largest absolute Gasteiger partial charge is 0.490 e. The normalized spacial score (nSPS) is 24.1. The minimum atomic E-state index is -0.481. The Labute approximate surface area is 101 Å². The van der Waals surface area contributed by atoms with E-state index in [2.05, 4.69) is 0 Å². The second kappa shape index (κ2) is 5.19. The van der Waals surface area contributed by atoms with Gasteiger partial charge < -0.3 is 14.4 Å². The molecule has 17 heavy (non-hydrogen) atoms. The monoisotopic (exact) mass is 235 g/mol. The van der Waals surface area contributed by atoms with Gasteiger partial charge in [-0.2, -0.15) is 0 Å². The third-order valence-corrected chi connectivity index (χ3v) is 2.84. The Morgan fingerprint density at radius 3 is 2.65 bits per heavy atom. The molecule has 1 aromatic rings. The van der Waals surface area contributed by atoms with E-state index < -0.39 is 6.10 Å². The molecule has 0 radical (unpaired) electrons. The number of likely N-dealkylation sites (N-methyl/N-ethyl adjacent to an activating group) is 1. The van der Waals surface area contributed by atoms with E-state index in [1.165, 1.54) is 0 Å². The number of carbonyl (C=O) groups is 1. The van der Waals surface area contributed by atoms with Crippen LogP contribution in [0.3, 0.4) is 0 Å². The zero-order valence-electron chi connectivity index (χ0n) is 10.1. The van der Waals surface area contributed by atoms with Crippen molar-refractivity contribution in [3.63, 3.8) is 0 Å². The number of benzene rings is 1. The third-order valence-electron chi connectivity index (χ3n) is 2.84. The average Bonchev–Trinajstić information content (AvgIpc) is 2.63. The van der Waals surface area contributed by atoms with Crippen LogP contribution in [0.1, 0.15) is 13.8 Å². The van der Waals surface area contributed by atoms with Crippen molar-refractivity contribution in [3.05, 3.63) is 30.3 Å². The molecule has 1 fully saturated rings. The Morgan fingerprint density at radius 1 is 1.35 bits per heavy atom. The van der Waals surface area contributed by atoms with Crippen molar-refractivity contribution in [1.82, 2.24) is 4.90 Å². The number of rotatable bonds is 4. The maximum absolute atomic E-state index is 11.9. The fraction of sp³-hybridized carbons (Fsp3) is 0.462. The van der Waals surface area contributed by atoms with Crippen LogP contribution in [-0.4, -0.2) is 36.3 Å². The zero-order chi connectivity index (χ0) is 12.3. The number of carbonyl (C=O) groups excluding carboxylic acids is 1. The SMILES string of the molecule is CCN1C(=O)C(COc2ccccc2)OC1C. The second-order valence-corrected chi connectivity index (χ2v) is 3.97. The Balaban J connectivity index is 1.91. The fourth-order valence-corrected chi connectivity index (χ4v) is 1.95. The highest BCUT2D eigenvalue weighted by molar-refractivity contribution is 5.82. The van der Waals surface area contributed by atoms with E-state index in [9.17, 15) is 4.79 Å². The van der Waals surface area contributed by atoms with E-state index in [-0.39, 0.29) is 18.7 Å². The molecule has 4 nitrogen and oxygen atoms in total. The van der Waals surface area contributed by atoms with Crippen molar-refractivity contribution < 1.29 is 14.3 Å². The molecule has 2 rings (SSSR count). The van der Waals surface area contributed by atoms with Crippen molar-refractivity contribution in [1.29, 1.82) is 0 Å². The van der Waals surface area contributed by atoms with Crippen LogP contribution in [0.15, 0.2) is 30.3 Å². The first kappa shape index (κ1) is 11.9. The number of nitrogens with zero attached hydrogens (tertiary/aromatic N) is 1. The second-order valence-electron chi connectivity index (χ2n) is 3.97. The molecule has 1 aromatic carbocycles. The van der Waals surface area contributed by atoms with Crippen LogP contribution in [-0.2, 0) is 9.53 Å². The van der Waals surface area contributed by atoms with Crippen molar-refractivity contribution in [2.75, 3.05) is 13.2 Å². The standard InChI is InChI=1S/C13H17NO3/c1-3-14-10(2)17-12(13(14)15)9-16-11-7-5-4-6-8-11/h4-8,10,12H,3,9H2,1-2H3. The molecule has 2 unspecified atom stereocenters. The molecule has 0 aromatic heterocycles. The first-order valence-electron chi connectivity index (χ1n) is 5.86. The van der Waals surface area contributed by atoms with Crippen molar-refractivity contribution in [2.45, 2.75) is 26.2 Å². The van der Waals surface area contributed by atoms with Gasteiger partial charge in [0.25, 0.3) is 5.91 Å². The lowest BCUT2D eigenvalue weighted by Crippen LogP contribution is -2.34. The summed E-state index contributed by atoms with van der Waals surface area (Å²) >= 11 is 0. The molecule has 1 amide bonds.